The number of thioether (sulfide) groups is 1. The van der Waals surface area contributed by atoms with Crippen molar-refractivity contribution in [1.82, 2.24) is 10.2 Å². The molecule has 7 nitrogen and oxygen atoms in total. The van der Waals surface area contributed by atoms with Crippen LogP contribution in [0.2, 0.25) is 10.0 Å². The predicted molar refractivity (Wildman–Crippen MR) is 138 cm³/mol. The van der Waals surface area contributed by atoms with E-state index >= 15 is 0 Å². The van der Waals surface area contributed by atoms with Crippen LogP contribution in [0, 0.1) is 0 Å². The molecule has 2 amide bonds. The smallest absolute Gasteiger partial charge is 0.257 e. The lowest BCUT2D eigenvalue weighted by Gasteiger charge is -2.07. The van der Waals surface area contributed by atoms with E-state index in [9.17, 15) is 14.7 Å². The number of benzene rings is 3. The van der Waals surface area contributed by atoms with Gasteiger partial charge < -0.3 is 10.4 Å². The summed E-state index contributed by atoms with van der Waals surface area (Å²) < 4.78 is 0. The number of nitrogens with zero attached hydrogens (tertiary/aromatic N) is 2. The lowest BCUT2D eigenvalue weighted by atomic mass is 10.1. The molecule has 0 aliphatic rings. The van der Waals surface area contributed by atoms with E-state index in [1.807, 2.05) is 30.5 Å². The van der Waals surface area contributed by atoms with Gasteiger partial charge in [-0.1, -0.05) is 34.5 Å². The van der Waals surface area contributed by atoms with Gasteiger partial charge in [0, 0.05) is 26.7 Å². The average molecular weight is 531 g/mol. The van der Waals surface area contributed by atoms with Crippen LogP contribution in [0.25, 0.3) is 10.6 Å². The van der Waals surface area contributed by atoms with E-state index < -0.39 is 5.91 Å². The van der Waals surface area contributed by atoms with Gasteiger partial charge in [-0.2, -0.15) is 0 Å². The maximum absolute atomic E-state index is 12.6. The fourth-order valence-corrected chi connectivity index (χ4v) is 4.59. The maximum Gasteiger partial charge on any atom is 0.257 e. The highest BCUT2D eigenvalue weighted by Gasteiger charge is 2.17. The van der Waals surface area contributed by atoms with Gasteiger partial charge in [0.2, 0.25) is 5.13 Å². The van der Waals surface area contributed by atoms with Crippen molar-refractivity contribution in [2.24, 2.45) is 0 Å². The molecule has 0 aliphatic heterocycles. The molecule has 0 radical (unpaired) electrons. The highest BCUT2D eigenvalue weighted by Crippen LogP contribution is 2.39. The van der Waals surface area contributed by atoms with Crippen LogP contribution in [0.1, 0.15) is 20.7 Å². The number of carbonyl (C=O) groups is 2. The number of aromatic hydroxyl groups is 1. The van der Waals surface area contributed by atoms with Crippen molar-refractivity contribution in [3.8, 4) is 16.3 Å². The van der Waals surface area contributed by atoms with Crippen molar-refractivity contribution in [1.29, 1.82) is 0 Å². The number of rotatable bonds is 6. The summed E-state index contributed by atoms with van der Waals surface area (Å²) in [6.07, 6.45) is 1.98. The highest BCUT2D eigenvalue weighted by molar-refractivity contribution is 7.98. The molecule has 0 saturated carbocycles. The summed E-state index contributed by atoms with van der Waals surface area (Å²) in [5, 5.41) is 24.5. The van der Waals surface area contributed by atoms with Crippen LogP contribution in [-0.4, -0.2) is 33.4 Å². The van der Waals surface area contributed by atoms with E-state index in [2.05, 4.69) is 20.8 Å². The molecule has 0 spiro atoms. The first kappa shape index (κ1) is 24.0. The lowest BCUT2D eigenvalue weighted by Crippen LogP contribution is -2.14. The second-order valence-electron chi connectivity index (χ2n) is 6.91. The van der Waals surface area contributed by atoms with Crippen LogP contribution < -0.4 is 10.6 Å². The minimum Gasteiger partial charge on any atom is -0.506 e. The van der Waals surface area contributed by atoms with E-state index in [1.54, 1.807) is 36.0 Å². The van der Waals surface area contributed by atoms with Gasteiger partial charge in [0.1, 0.15) is 5.75 Å². The van der Waals surface area contributed by atoms with Crippen LogP contribution in [0.15, 0.2) is 65.6 Å². The van der Waals surface area contributed by atoms with E-state index in [0.717, 1.165) is 16.2 Å². The Hall–Kier alpha value is -3.11. The Morgan fingerprint density at radius 1 is 0.912 bits per heavy atom. The number of nitrogens with one attached hydrogen (secondary N) is 2. The van der Waals surface area contributed by atoms with E-state index in [4.69, 9.17) is 23.2 Å². The summed E-state index contributed by atoms with van der Waals surface area (Å²) in [4.78, 5) is 26.2. The van der Waals surface area contributed by atoms with Gasteiger partial charge in [-0.3, -0.25) is 14.9 Å². The quantitative estimate of drug-likeness (QED) is 0.247. The van der Waals surface area contributed by atoms with E-state index in [1.165, 1.54) is 12.1 Å². The molecule has 0 unspecified atom stereocenters. The molecule has 3 aromatic carbocycles. The third-order valence-electron chi connectivity index (χ3n) is 4.66. The van der Waals surface area contributed by atoms with Crippen LogP contribution in [0.4, 0.5) is 10.8 Å². The molecule has 0 saturated heterocycles. The molecule has 34 heavy (non-hydrogen) atoms. The Morgan fingerprint density at radius 2 is 1.53 bits per heavy atom. The Balaban J connectivity index is 1.42. The predicted octanol–water partition coefficient (Wildman–Crippen LogP) is 6.44. The molecule has 4 aromatic rings. The van der Waals surface area contributed by atoms with Crippen molar-refractivity contribution < 1.29 is 14.7 Å². The standard InChI is InChI=1S/C23H16Cl2N4O3S2/c1-33-16-8-6-15(7-9-16)26-20(31)12-2-4-13(5-3-12)21(32)27-23-29-28-22(34-23)17-10-14(24)11-18(25)19(17)30/h2-11,30H,1H3,(H,26,31)(H,27,29,32). The molecule has 4 rings (SSSR count). The van der Waals surface area contributed by atoms with Gasteiger partial charge in [0.05, 0.1) is 10.6 Å². The third kappa shape index (κ3) is 5.51. The number of phenolic OH excluding ortho intramolecular Hbond substituents is 1. The first-order chi connectivity index (χ1) is 16.3. The first-order valence-electron chi connectivity index (χ1n) is 9.73. The summed E-state index contributed by atoms with van der Waals surface area (Å²) in [5.74, 6) is -0.873. The number of hydrogen-bond donors (Lipinski definition) is 3. The summed E-state index contributed by atoms with van der Waals surface area (Å²) in [6.45, 7) is 0. The topological polar surface area (TPSA) is 104 Å². The summed E-state index contributed by atoms with van der Waals surface area (Å²) in [5.41, 5.74) is 1.75. The molecule has 0 bridgehead atoms. The van der Waals surface area contributed by atoms with Crippen molar-refractivity contribution >= 4 is 68.9 Å². The number of hydrogen-bond acceptors (Lipinski definition) is 7. The summed E-state index contributed by atoms with van der Waals surface area (Å²) in [7, 11) is 0. The SMILES string of the molecule is CSc1ccc(NC(=O)c2ccc(C(=O)Nc3nnc(-c4cc(Cl)cc(Cl)c4O)s3)cc2)cc1. The fraction of sp³-hybridized carbons (Fsp3) is 0.0435. The van der Waals surface area contributed by atoms with Gasteiger partial charge in [-0.05, 0) is 66.9 Å². The summed E-state index contributed by atoms with van der Waals surface area (Å²) >= 11 is 14.6. The number of anilines is 2. The van der Waals surface area contributed by atoms with Crippen molar-refractivity contribution in [3.05, 3.63) is 81.8 Å². The Morgan fingerprint density at radius 3 is 2.15 bits per heavy atom. The van der Waals surface area contributed by atoms with Crippen LogP contribution >= 0.6 is 46.3 Å². The molecule has 0 atom stereocenters. The molecule has 172 valence electrons. The maximum atomic E-state index is 12.6. The monoisotopic (exact) mass is 530 g/mol. The zero-order chi connectivity index (χ0) is 24.2. The van der Waals surface area contributed by atoms with Gasteiger partial charge in [-0.15, -0.1) is 22.0 Å². The highest BCUT2D eigenvalue weighted by atomic mass is 35.5. The Labute approximate surface area is 213 Å². The minimum absolute atomic E-state index is 0.0874. The molecular formula is C23H16Cl2N4O3S2. The van der Waals surface area contributed by atoms with Crippen LogP contribution in [-0.2, 0) is 0 Å². The third-order valence-corrected chi connectivity index (χ3v) is 6.78. The zero-order valence-electron chi connectivity index (χ0n) is 17.5. The van der Waals surface area contributed by atoms with Crippen LogP contribution in [0.3, 0.4) is 0 Å². The molecule has 0 fully saturated rings. The van der Waals surface area contributed by atoms with Crippen molar-refractivity contribution in [2.45, 2.75) is 4.90 Å². The second kappa shape index (κ2) is 10.4. The average Bonchev–Trinajstić information content (AvgIpc) is 3.30. The summed E-state index contributed by atoms with van der Waals surface area (Å²) in [6, 6.07) is 16.7. The number of carbonyl (C=O) groups excluding carboxylic acids is 2. The fourth-order valence-electron chi connectivity index (χ4n) is 2.93. The van der Waals surface area contributed by atoms with Crippen LogP contribution in [0.5, 0.6) is 5.75 Å². The lowest BCUT2D eigenvalue weighted by molar-refractivity contribution is 0.101. The van der Waals surface area contributed by atoms with E-state index in [0.29, 0.717) is 32.4 Å². The van der Waals surface area contributed by atoms with Crippen molar-refractivity contribution in [2.75, 3.05) is 16.9 Å². The van der Waals surface area contributed by atoms with Gasteiger partial charge >= 0.3 is 0 Å². The molecule has 1 aromatic heterocycles. The normalized spacial score (nSPS) is 10.7. The Bertz CT molecular complexity index is 1360. The van der Waals surface area contributed by atoms with E-state index in [-0.39, 0.29) is 21.8 Å². The molecular weight excluding hydrogens is 515 g/mol. The molecule has 3 N–H and O–H groups in total. The second-order valence-corrected chi connectivity index (χ2v) is 9.61. The number of aromatic nitrogens is 2. The van der Waals surface area contributed by atoms with Crippen molar-refractivity contribution in [3.63, 3.8) is 0 Å². The minimum atomic E-state index is -0.421. The number of amides is 2. The van der Waals surface area contributed by atoms with Gasteiger partial charge in [-0.25, -0.2) is 0 Å². The largest absolute Gasteiger partial charge is 0.506 e. The number of phenols is 1. The first-order valence-corrected chi connectivity index (χ1v) is 12.5. The Kier molecular flexibility index (Phi) is 7.38. The van der Waals surface area contributed by atoms with Gasteiger partial charge in [0.25, 0.3) is 11.8 Å². The molecule has 11 heteroatoms. The molecule has 0 aliphatic carbocycles. The van der Waals surface area contributed by atoms with Gasteiger partial charge in [0.15, 0.2) is 5.01 Å². The molecule has 1 heterocycles. The zero-order valence-corrected chi connectivity index (χ0v) is 20.6. The number of halogens is 2.